The highest BCUT2D eigenvalue weighted by Crippen LogP contribution is 2.24. The summed E-state index contributed by atoms with van der Waals surface area (Å²) in [4.78, 5) is 11.8. The Bertz CT molecular complexity index is 512. The zero-order valence-corrected chi connectivity index (χ0v) is 8.28. The molecule has 0 aliphatic rings. The monoisotopic (exact) mass is 215 g/mol. The Balaban J connectivity index is 2.21. The molecule has 0 spiro atoms. The topological polar surface area (TPSA) is 78.6 Å². The third-order valence-corrected chi connectivity index (χ3v) is 1.88. The maximum atomic E-state index is 9.25. The molecule has 2 aromatic rings. The van der Waals surface area contributed by atoms with Crippen molar-refractivity contribution in [1.29, 1.82) is 0 Å². The van der Waals surface area contributed by atoms with Gasteiger partial charge >= 0.3 is 0 Å². The van der Waals surface area contributed by atoms with E-state index in [2.05, 4.69) is 15.0 Å². The highest BCUT2D eigenvalue weighted by Gasteiger charge is 1.98. The Kier molecular flexibility index (Phi) is 2.77. The van der Waals surface area contributed by atoms with Crippen LogP contribution in [0.1, 0.15) is 5.56 Å². The Morgan fingerprint density at radius 3 is 2.50 bits per heavy atom. The fourth-order valence-corrected chi connectivity index (χ4v) is 1.11. The second-order valence-electron chi connectivity index (χ2n) is 3.06. The molecule has 2 rings (SSSR count). The van der Waals surface area contributed by atoms with Crippen LogP contribution in [0.15, 0.2) is 41.7 Å². The van der Waals surface area contributed by atoms with Gasteiger partial charge in [0.2, 0.25) is 5.95 Å². The summed E-state index contributed by atoms with van der Waals surface area (Å²) in [5.41, 5.74) is 0.655. The molecule has 1 aromatic carbocycles. The normalized spacial score (nSPS) is 10.8. The van der Waals surface area contributed by atoms with Crippen LogP contribution in [0.4, 0.5) is 5.95 Å². The molecule has 0 fully saturated rings. The van der Waals surface area contributed by atoms with Gasteiger partial charge in [-0.3, -0.25) is 0 Å². The molecule has 0 aliphatic heterocycles. The number of benzene rings is 1. The number of phenols is 2. The van der Waals surface area contributed by atoms with Crippen molar-refractivity contribution in [3.63, 3.8) is 0 Å². The van der Waals surface area contributed by atoms with Gasteiger partial charge in [0.15, 0.2) is 11.5 Å². The number of phenolic OH excluding ortho intramolecular Hbond substituents is 2. The molecule has 0 radical (unpaired) electrons. The summed E-state index contributed by atoms with van der Waals surface area (Å²) in [5, 5.41) is 18.4. The molecule has 1 heterocycles. The zero-order valence-electron chi connectivity index (χ0n) is 8.28. The van der Waals surface area contributed by atoms with Crippen LogP contribution in [-0.2, 0) is 0 Å². The van der Waals surface area contributed by atoms with Crippen LogP contribution < -0.4 is 0 Å². The van der Waals surface area contributed by atoms with Crippen LogP contribution in [0.5, 0.6) is 11.5 Å². The van der Waals surface area contributed by atoms with Gasteiger partial charge in [-0.15, -0.1) is 0 Å². The van der Waals surface area contributed by atoms with Crippen LogP contribution in [0.2, 0.25) is 0 Å². The first kappa shape index (κ1) is 10.1. The summed E-state index contributed by atoms with van der Waals surface area (Å²) in [5.74, 6) is 0.00102. The molecule has 0 saturated carbocycles. The minimum atomic E-state index is -0.182. The Hall–Kier alpha value is -2.43. The Morgan fingerprint density at radius 1 is 1.06 bits per heavy atom. The largest absolute Gasteiger partial charge is 0.504 e. The minimum Gasteiger partial charge on any atom is -0.504 e. The summed E-state index contributed by atoms with van der Waals surface area (Å²) >= 11 is 0. The van der Waals surface area contributed by atoms with Crippen molar-refractivity contribution < 1.29 is 10.2 Å². The quantitative estimate of drug-likeness (QED) is 0.589. The van der Waals surface area contributed by atoms with E-state index in [-0.39, 0.29) is 11.5 Å². The molecule has 0 unspecified atom stereocenters. The van der Waals surface area contributed by atoms with E-state index in [0.29, 0.717) is 11.5 Å². The number of aromatic hydroxyl groups is 2. The standard InChI is InChI=1S/C11H9N3O2/c15-9-3-2-8(6-10(9)16)7-14-11-12-4-1-5-13-11/h1-7,15-16H. The van der Waals surface area contributed by atoms with E-state index in [0.717, 1.165) is 0 Å². The number of aromatic nitrogens is 2. The van der Waals surface area contributed by atoms with E-state index < -0.39 is 0 Å². The lowest BCUT2D eigenvalue weighted by Crippen LogP contribution is -1.82. The fraction of sp³-hybridized carbons (Fsp3) is 0. The van der Waals surface area contributed by atoms with Gasteiger partial charge in [0.25, 0.3) is 0 Å². The average molecular weight is 215 g/mol. The maximum absolute atomic E-state index is 9.25. The molecule has 0 amide bonds. The van der Waals surface area contributed by atoms with Crippen molar-refractivity contribution in [2.24, 2.45) is 4.99 Å². The lowest BCUT2D eigenvalue weighted by Gasteiger charge is -1.97. The fourth-order valence-electron chi connectivity index (χ4n) is 1.11. The smallest absolute Gasteiger partial charge is 0.249 e. The highest BCUT2D eigenvalue weighted by atomic mass is 16.3. The summed E-state index contributed by atoms with van der Waals surface area (Å²) in [7, 11) is 0. The van der Waals surface area contributed by atoms with Crippen molar-refractivity contribution in [1.82, 2.24) is 9.97 Å². The van der Waals surface area contributed by atoms with Gasteiger partial charge in [-0.25, -0.2) is 15.0 Å². The molecule has 2 N–H and O–H groups in total. The number of rotatable bonds is 2. The number of hydrogen-bond donors (Lipinski definition) is 2. The van der Waals surface area contributed by atoms with Crippen LogP contribution in [0, 0.1) is 0 Å². The van der Waals surface area contributed by atoms with E-state index in [1.54, 1.807) is 24.5 Å². The van der Waals surface area contributed by atoms with Crippen molar-refractivity contribution in [3.05, 3.63) is 42.2 Å². The van der Waals surface area contributed by atoms with Crippen LogP contribution >= 0.6 is 0 Å². The number of hydrogen-bond acceptors (Lipinski definition) is 5. The predicted molar refractivity (Wildman–Crippen MR) is 59.1 cm³/mol. The van der Waals surface area contributed by atoms with E-state index in [4.69, 9.17) is 5.11 Å². The first-order valence-corrected chi connectivity index (χ1v) is 4.59. The number of aliphatic imine (C=N–C) groups is 1. The summed E-state index contributed by atoms with van der Waals surface area (Å²) < 4.78 is 0. The molecule has 80 valence electrons. The molecular weight excluding hydrogens is 206 g/mol. The van der Waals surface area contributed by atoms with Gasteiger partial charge in [-0.1, -0.05) is 0 Å². The van der Waals surface area contributed by atoms with Crippen molar-refractivity contribution >= 4 is 12.2 Å². The molecule has 5 nitrogen and oxygen atoms in total. The molecule has 16 heavy (non-hydrogen) atoms. The average Bonchev–Trinajstić information content (AvgIpc) is 2.32. The second kappa shape index (κ2) is 4.39. The molecule has 0 saturated heterocycles. The van der Waals surface area contributed by atoms with Gasteiger partial charge < -0.3 is 10.2 Å². The van der Waals surface area contributed by atoms with Gasteiger partial charge in [0, 0.05) is 18.6 Å². The lowest BCUT2D eigenvalue weighted by atomic mass is 10.2. The highest BCUT2D eigenvalue weighted by molar-refractivity contribution is 5.82. The minimum absolute atomic E-state index is 0.159. The van der Waals surface area contributed by atoms with E-state index in [1.807, 2.05) is 0 Å². The van der Waals surface area contributed by atoms with E-state index >= 15 is 0 Å². The molecule has 0 atom stereocenters. The van der Waals surface area contributed by atoms with Crippen molar-refractivity contribution in [2.45, 2.75) is 0 Å². The number of nitrogens with zero attached hydrogens (tertiary/aromatic N) is 3. The summed E-state index contributed by atoms with van der Waals surface area (Å²) in [6.45, 7) is 0. The maximum Gasteiger partial charge on any atom is 0.249 e. The van der Waals surface area contributed by atoms with Gasteiger partial charge in [-0.05, 0) is 29.8 Å². The van der Waals surface area contributed by atoms with E-state index in [9.17, 15) is 5.11 Å². The third-order valence-electron chi connectivity index (χ3n) is 1.88. The molecule has 1 aromatic heterocycles. The molecular formula is C11H9N3O2. The first-order valence-electron chi connectivity index (χ1n) is 4.59. The zero-order chi connectivity index (χ0) is 11.4. The van der Waals surface area contributed by atoms with Crippen LogP contribution in [0.25, 0.3) is 0 Å². The third kappa shape index (κ3) is 2.33. The molecule has 0 bridgehead atoms. The van der Waals surface area contributed by atoms with Crippen LogP contribution in [-0.4, -0.2) is 26.4 Å². The second-order valence-corrected chi connectivity index (χ2v) is 3.06. The Morgan fingerprint density at radius 2 is 1.81 bits per heavy atom. The predicted octanol–water partition coefficient (Wildman–Crippen LogP) is 1.64. The SMILES string of the molecule is Oc1ccc(C=Nc2ncccn2)cc1O. The van der Waals surface area contributed by atoms with Gasteiger partial charge in [-0.2, -0.15) is 0 Å². The molecule has 0 aliphatic carbocycles. The summed E-state index contributed by atoms with van der Waals surface area (Å²) in [6.07, 6.45) is 4.69. The Labute approximate surface area is 91.8 Å². The van der Waals surface area contributed by atoms with E-state index in [1.165, 1.54) is 18.3 Å². The molecule has 5 heteroatoms. The first-order chi connectivity index (χ1) is 7.75. The van der Waals surface area contributed by atoms with Gasteiger partial charge in [0.1, 0.15) is 0 Å². The van der Waals surface area contributed by atoms with Crippen LogP contribution in [0.3, 0.4) is 0 Å². The van der Waals surface area contributed by atoms with Gasteiger partial charge in [0.05, 0.1) is 0 Å². The van der Waals surface area contributed by atoms with Crippen molar-refractivity contribution in [2.75, 3.05) is 0 Å². The summed E-state index contributed by atoms with van der Waals surface area (Å²) in [6, 6.07) is 6.12. The lowest BCUT2D eigenvalue weighted by molar-refractivity contribution is 0.403. The van der Waals surface area contributed by atoms with Crippen molar-refractivity contribution in [3.8, 4) is 11.5 Å².